The average Bonchev–Trinajstić information content (AvgIpc) is 2.87. The van der Waals surface area contributed by atoms with Gasteiger partial charge in [0.05, 0.1) is 0 Å². The molecule has 0 atom stereocenters. The molecule has 0 saturated carbocycles. The number of aromatic nitrogens is 2. The van der Waals surface area contributed by atoms with E-state index in [2.05, 4.69) is 97.1 Å². The van der Waals surface area contributed by atoms with Gasteiger partial charge in [-0.25, -0.2) is 9.97 Å². The van der Waals surface area contributed by atoms with Crippen molar-refractivity contribution < 1.29 is 0 Å². The maximum absolute atomic E-state index is 4.80. The SMILES string of the molecule is c1ccc2c(-c3cnc(-c4ccc5ccc6cccc7ccc4c5c67)nc3)cccc2c1. The summed E-state index contributed by atoms with van der Waals surface area (Å²) in [7, 11) is 0. The van der Waals surface area contributed by atoms with E-state index in [1.165, 1.54) is 43.1 Å². The Labute approximate surface area is 185 Å². The molecule has 0 amide bonds. The van der Waals surface area contributed by atoms with Gasteiger partial charge in [-0.15, -0.1) is 0 Å². The lowest BCUT2D eigenvalue weighted by atomic mass is 9.92. The van der Waals surface area contributed by atoms with Crippen molar-refractivity contribution >= 4 is 43.1 Å². The molecule has 148 valence electrons. The van der Waals surface area contributed by atoms with Crippen LogP contribution in [-0.4, -0.2) is 9.97 Å². The van der Waals surface area contributed by atoms with Crippen LogP contribution in [-0.2, 0) is 0 Å². The second kappa shape index (κ2) is 6.60. The van der Waals surface area contributed by atoms with Gasteiger partial charge < -0.3 is 0 Å². The lowest BCUT2D eigenvalue weighted by molar-refractivity contribution is 1.18. The van der Waals surface area contributed by atoms with Gasteiger partial charge >= 0.3 is 0 Å². The van der Waals surface area contributed by atoms with Crippen LogP contribution < -0.4 is 0 Å². The fourth-order valence-electron chi connectivity index (χ4n) is 5.01. The zero-order chi connectivity index (χ0) is 21.1. The van der Waals surface area contributed by atoms with Crippen LogP contribution in [0.4, 0.5) is 0 Å². The van der Waals surface area contributed by atoms with E-state index < -0.39 is 0 Å². The Morgan fingerprint density at radius 3 is 1.88 bits per heavy atom. The van der Waals surface area contributed by atoms with E-state index in [0.29, 0.717) is 0 Å². The van der Waals surface area contributed by atoms with Crippen LogP contribution in [0.5, 0.6) is 0 Å². The standard InChI is InChI=1S/C30H18N2/c1-2-9-24-19(5-1)6-4-10-25(24)23-17-31-30(32-18-23)27-16-14-22-12-11-20-7-3-8-21-13-15-26(27)29(22)28(20)21/h1-18H. The van der Waals surface area contributed by atoms with Crippen molar-refractivity contribution in [1.82, 2.24) is 9.97 Å². The molecule has 1 aromatic heterocycles. The molecule has 7 aromatic rings. The average molecular weight is 406 g/mol. The molecule has 0 aliphatic carbocycles. The Morgan fingerprint density at radius 2 is 1.03 bits per heavy atom. The van der Waals surface area contributed by atoms with Crippen molar-refractivity contribution in [2.24, 2.45) is 0 Å². The number of nitrogens with zero attached hydrogens (tertiary/aromatic N) is 2. The summed E-state index contributed by atoms with van der Waals surface area (Å²) in [6.45, 7) is 0. The largest absolute Gasteiger partial charge is 0.236 e. The molecule has 6 aromatic carbocycles. The zero-order valence-corrected chi connectivity index (χ0v) is 17.3. The molecule has 0 N–H and O–H groups in total. The van der Waals surface area contributed by atoms with Gasteiger partial charge in [-0.3, -0.25) is 0 Å². The number of hydrogen-bond acceptors (Lipinski definition) is 2. The summed E-state index contributed by atoms with van der Waals surface area (Å²) in [6, 6.07) is 34.5. The van der Waals surface area contributed by atoms with Crippen LogP contribution >= 0.6 is 0 Å². The minimum Gasteiger partial charge on any atom is -0.236 e. The monoisotopic (exact) mass is 406 g/mol. The predicted octanol–water partition coefficient (Wildman–Crippen LogP) is 7.86. The first-order chi connectivity index (χ1) is 15.9. The van der Waals surface area contributed by atoms with Gasteiger partial charge in [-0.05, 0) is 54.7 Å². The molecule has 0 unspecified atom stereocenters. The molecule has 0 saturated heterocycles. The van der Waals surface area contributed by atoms with E-state index in [1.807, 2.05) is 12.4 Å². The molecule has 2 nitrogen and oxygen atoms in total. The maximum Gasteiger partial charge on any atom is 0.159 e. The molecular weight excluding hydrogens is 388 g/mol. The third-order valence-corrected chi connectivity index (χ3v) is 6.52. The second-order valence-corrected chi connectivity index (χ2v) is 8.29. The fourth-order valence-corrected chi connectivity index (χ4v) is 5.01. The zero-order valence-electron chi connectivity index (χ0n) is 17.3. The first-order valence-corrected chi connectivity index (χ1v) is 10.8. The van der Waals surface area contributed by atoms with Gasteiger partial charge in [-0.1, -0.05) is 91.0 Å². The Kier molecular flexibility index (Phi) is 3.58. The van der Waals surface area contributed by atoms with Crippen LogP contribution in [0.1, 0.15) is 0 Å². The second-order valence-electron chi connectivity index (χ2n) is 8.29. The molecular formula is C30H18N2. The number of benzene rings is 6. The number of fused-ring (bicyclic) bond motifs is 1. The maximum atomic E-state index is 4.80. The van der Waals surface area contributed by atoms with E-state index in [9.17, 15) is 0 Å². The Balaban J connectivity index is 1.42. The van der Waals surface area contributed by atoms with Crippen molar-refractivity contribution in [3.8, 4) is 22.5 Å². The third-order valence-electron chi connectivity index (χ3n) is 6.52. The quantitative estimate of drug-likeness (QED) is 0.273. The molecule has 2 heteroatoms. The molecule has 32 heavy (non-hydrogen) atoms. The van der Waals surface area contributed by atoms with Gasteiger partial charge in [0.15, 0.2) is 5.82 Å². The molecule has 0 radical (unpaired) electrons. The smallest absolute Gasteiger partial charge is 0.159 e. The normalized spacial score (nSPS) is 11.8. The van der Waals surface area contributed by atoms with E-state index in [0.717, 1.165) is 22.5 Å². The van der Waals surface area contributed by atoms with Crippen molar-refractivity contribution in [2.45, 2.75) is 0 Å². The highest BCUT2D eigenvalue weighted by molar-refractivity contribution is 6.25. The lowest BCUT2D eigenvalue weighted by Gasteiger charge is -2.13. The number of hydrogen-bond donors (Lipinski definition) is 0. The van der Waals surface area contributed by atoms with Gasteiger partial charge in [0.1, 0.15) is 0 Å². The Morgan fingerprint density at radius 1 is 0.406 bits per heavy atom. The number of rotatable bonds is 2. The van der Waals surface area contributed by atoms with E-state index in [4.69, 9.17) is 9.97 Å². The van der Waals surface area contributed by atoms with Gasteiger partial charge in [0, 0.05) is 23.5 Å². The van der Waals surface area contributed by atoms with E-state index >= 15 is 0 Å². The predicted molar refractivity (Wildman–Crippen MR) is 134 cm³/mol. The molecule has 0 fully saturated rings. The topological polar surface area (TPSA) is 25.8 Å². The van der Waals surface area contributed by atoms with Crippen LogP contribution in [0, 0.1) is 0 Å². The summed E-state index contributed by atoms with van der Waals surface area (Å²) < 4.78 is 0. The van der Waals surface area contributed by atoms with Crippen molar-refractivity contribution in [1.29, 1.82) is 0 Å². The Hall–Kier alpha value is -4.30. The minimum atomic E-state index is 0.756. The van der Waals surface area contributed by atoms with Crippen molar-refractivity contribution in [2.75, 3.05) is 0 Å². The van der Waals surface area contributed by atoms with Crippen molar-refractivity contribution in [3.05, 3.63) is 109 Å². The molecule has 0 aliphatic heterocycles. The van der Waals surface area contributed by atoms with Crippen LogP contribution in [0.25, 0.3) is 65.6 Å². The van der Waals surface area contributed by atoms with E-state index in [1.54, 1.807) is 0 Å². The highest BCUT2D eigenvalue weighted by Crippen LogP contribution is 2.38. The molecule has 7 rings (SSSR count). The highest BCUT2D eigenvalue weighted by atomic mass is 14.9. The Bertz CT molecular complexity index is 1740. The van der Waals surface area contributed by atoms with Gasteiger partial charge in [-0.2, -0.15) is 0 Å². The molecule has 0 aliphatic rings. The van der Waals surface area contributed by atoms with Crippen LogP contribution in [0.15, 0.2) is 109 Å². The van der Waals surface area contributed by atoms with Gasteiger partial charge in [0.2, 0.25) is 0 Å². The highest BCUT2D eigenvalue weighted by Gasteiger charge is 2.13. The summed E-state index contributed by atoms with van der Waals surface area (Å²) in [5.41, 5.74) is 3.26. The molecule has 0 spiro atoms. The molecule has 0 bridgehead atoms. The van der Waals surface area contributed by atoms with Crippen LogP contribution in [0.3, 0.4) is 0 Å². The third kappa shape index (κ3) is 2.47. The van der Waals surface area contributed by atoms with E-state index in [-0.39, 0.29) is 0 Å². The summed E-state index contributed by atoms with van der Waals surface area (Å²) in [5, 5.41) is 10.0. The summed E-state index contributed by atoms with van der Waals surface area (Å²) in [6.07, 6.45) is 3.89. The minimum absolute atomic E-state index is 0.756. The lowest BCUT2D eigenvalue weighted by Crippen LogP contribution is -1.93. The molecule has 1 heterocycles. The fraction of sp³-hybridized carbons (Fsp3) is 0. The first-order valence-electron chi connectivity index (χ1n) is 10.8. The summed E-state index contributed by atoms with van der Waals surface area (Å²) in [4.78, 5) is 9.61. The summed E-state index contributed by atoms with van der Waals surface area (Å²) >= 11 is 0. The first kappa shape index (κ1) is 17.4. The van der Waals surface area contributed by atoms with Crippen molar-refractivity contribution in [3.63, 3.8) is 0 Å². The van der Waals surface area contributed by atoms with Crippen LogP contribution in [0.2, 0.25) is 0 Å². The van der Waals surface area contributed by atoms with Gasteiger partial charge in [0.25, 0.3) is 0 Å². The summed E-state index contributed by atoms with van der Waals surface area (Å²) in [5.74, 6) is 0.756.